The third-order valence-electron chi connectivity index (χ3n) is 5.16. The Kier molecular flexibility index (Phi) is 7.47. The number of Topliss-reactive ketones (excluding diaryl/α,β-unsaturated/α-hetero) is 1. The van der Waals surface area contributed by atoms with E-state index >= 15 is 0 Å². The SMILES string of the molecule is COc1ccc(CCC(=O)c2ccc(O)cc2O[C@@H]2O[C@H](CO)[C@@H](O)[C@H](O)[C@H]2O)cc1. The predicted molar refractivity (Wildman–Crippen MR) is 108 cm³/mol. The van der Waals surface area contributed by atoms with E-state index in [1.165, 1.54) is 18.2 Å². The molecule has 31 heavy (non-hydrogen) atoms. The Balaban J connectivity index is 1.74. The van der Waals surface area contributed by atoms with Gasteiger partial charge in [-0.15, -0.1) is 0 Å². The minimum atomic E-state index is -1.64. The van der Waals surface area contributed by atoms with Gasteiger partial charge < -0.3 is 39.7 Å². The Morgan fingerprint density at radius 3 is 2.39 bits per heavy atom. The van der Waals surface area contributed by atoms with Crippen LogP contribution in [0.25, 0.3) is 0 Å². The highest BCUT2D eigenvalue weighted by Crippen LogP contribution is 2.30. The molecular weight excluding hydrogens is 408 g/mol. The van der Waals surface area contributed by atoms with E-state index in [-0.39, 0.29) is 29.3 Å². The van der Waals surface area contributed by atoms with Gasteiger partial charge in [0, 0.05) is 12.5 Å². The summed E-state index contributed by atoms with van der Waals surface area (Å²) in [5, 5.41) is 49.1. The molecule has 5 N–H and O–H groups in total. The molecule has 9 heteroatoms. The van der Waals surface area contributed by atoms with Gasteiger partial charge in [0.05, 0.1) is 19.3 Å². The van der Waals surface area contributed by atoms with Crippen LogP contribution in [-0.2, 0) is 11.2 Å². The number of ether oxygens (including phenoxy) is 3. The standard InChI is InChI=1S/C22H26O9/c1-29-14-6-2-12(3-7-14)4-9-16(25)15-8-5-13(24)10-17(15)30-22-21(28)20(27)19(26)18(11-23)31-22/h2-3,5-8,10,18-24,26-28H,4,9,11H2,1H3/t18-,19-,20+,21-,22-/m1/s1. The van der Waals surface area contributed by atoms with E-state index in [0.717, 1.165) is 5.56 Å². The van der Waals surface area contributed by atoms with Crippen molar-refractivity contribution in [1.82, 2.24) is 0 Å². The van der Waals surface area contributed by atoms with Crippen molar-refractivity contribution in [3.8, 4) is 17.2 Å². The van der Waals surface area contributed by atoms with Crippen molar-refractivity contribution in [3.63, 3.8) is 0 Å². The number of phenols is 1. The zero-order valence-electron chi connectivity index (χ0n) is 16.9. The second kappa shape index (κ2) is 10.1. The van der Waals surface area contributed by atoms with E-state index in [1.807, 2.05) is 12.1 Å². The van der Waals surface area contributed by atoms with Crippen LogP contribution < -0.4 is 9.47 Å². The predicted octanol–water partition coefficient (Wildman–Crippen LogP) is 0.395. The summed E-state index contributed by atoms with van der Waals surface area (Å²) in [6.45, 7) is -0.613. The normalized spacial score (nSPS) is 25.8. The summed E-state index contributed by atoms with van der Waals surface area (Å²) in [5.41, 5.74) is 1.09. The molecule has 2 aromatic carbocycles. The molecule has 0 amide bonds. The first-order valence-corrected chi connectivity index (χ1v) is 9.80. The van der Waals surface area contributed by atoms with Crippen LogP contribution in [-0.4, -0.2) is 75.7 Å². The summed E-state index contributed by atoms with van der Waals surface area (Å²) in [5.74, 6) is 0.217. The molecule has 1 saturated heterocycles. The minimum absolute atomic E-state index is 0.0518. The van der Waals surface area contributed by atoms with Crippen molar-refractivity contribution in [1.29, 1.82) is 0 Å². The number of ketones is 1. The number of aryl methyl sites for hydroxylation is 1. The summed E-state index contributed by atoms with van der Waals surface area (Å²) in [6.07, 6.45) is -6.80. The highest BCUT2D eigenvalue weighted by molar-refractivity contribution is 5.99. The molecule has 0 radical (unpaired) electrons. The molecule has 5 atom stereocenters. The monoisotopic (exact) mass is 434 g/mol. The Labute approximate surface area is 179 Å². The van der Waals surface area contributed by atoms with Crippen molar-refractivity contribution in [2.24, 2.45) is 0 Å². The number of phenolic OH excluding ortho intramolecular Hbond substituents is 1. The molecule has 9 nitrogen and oxygen atoms in total. The van der Waals surface area contributed by atoms with Gasteiger partial charge >= 0.3 is 0 Å². The smallest absolute Gasteiger partial charge is 0.229 e. The van der Waals surface area contributed by atoms with Crippen molar-refractivity contribution >= 4 is 5.78 Å². The van der Waals surface area contributed by atoms with Gasteiger partial charge in [-0.1, -0.05) is 12.1 Å². The third-order valence-corrected chi connectivity index (χ3v) is 5.16. The van der Waals surface area contributed by atoms with Crippen molar-refractivity contribution in [2.75, 3.05) is 13.7 Å². The number of hydrogen-bond donors (Lipinski definition) is 5. The fourth-order valence-corrected chi connectivity index (χ4v) is 3.31. The van der Waals surface area contributed by atoms with Crippen LogP contribution in [0.2, 0.25) is 0 Å². The van der Waals surface area contributed by atoms with Crippen molar-refractivity contribution in [2.45, 2.75) is 43.5 Å². The average Bonchev–Trinajstić information content (AvgIpc) is 2.78. The van der Waals surface area contributed by atoms with Gasteiger partial charge in [-0.05, 0) is 36.2 Å². The molecule has 0 unspecified atom stereocenters. The topological polar surface area (TPSA) is 146 Å². The van der Waals surface area contributed by atoms with Gasteiger partial charge in [0.25, 0.3) is 0 Å². The van der Waals surface area contributed by atoms with E-state index in [0.29, 0.717) is 12.2 Å². The number of aliphatic hydroxyl groups is 4. The van der Waals surface area contributed by atoms with Crippen molar-refractivity contribution < 1.29 is 44.5 Å². The number of hydrogen-bond acceptors (Lipinski definition) is 9. The first kappa shape index (κ1) is 23.0. The quantitative estimate of drug-likeness (QED) is 0.373. The summed E-state index contributed by atoms with van der Waals surface area (Å²) in [4.78, 5) is 12.8. The first-order valence-electron chi connectivity index (χ1n) is 9.80. The van der Waals surface area contributed by atoms with Crippen LogP contribution in [0.15, 0.2) is 42.5 Å². The number of carbonyl (C=O) groups is 1. The van der Waals surface area contributed by atoms with Crippen LogP contribution in [0.1, 0.15) is 22.3 Å². The molecule has 168 valence electrons. The molecule has 1 aliphatic heterocycles. The molecule has 0 spiro atoms. The average molecular weight is 434 g/mol. The Bertz CT molecular complexity index is 881. The Morgan fingerprint density at radius 2 is 1.74 bits per heavy atom. The summed E-state index contributed by atoms with van der Waals surface area (Å²) in [7, 11) is 1.57. The van der Waals surface area contributed by atoms with Gasteiger partial charge in [0.15, 0.2) is 5.78 Å². The van der Waals surface area contributed by atoms with Crippen LogP contribution in [0, 0.1) is 0 Å². The Hall–Kier alpha value is -2.69. The molecule has 0 bridgehead atoms. The maximum absolute atomic E-state index is 12.8. The van der Waals surface area contributed by atoms with Gasteiger partial charge in [-0.3, -0.25) is 4.79 Å². The number of aromatic hydroxyl groups is 1. The molecule has 2 aromatic rings. The summed E-state index contributed by atoms with van der Waals surface area (Å²) in [6, 6.07) is 11.2. The largest absolute Gasteiger partial charge is 0.508 e. The number of methoxy groups -OCH3 is 1. The lowest BCUT2D eigenvalue weighted by Crippen LogP contribution is -2.60. The summed E-state index contributed by atoms with van der Waals surface area (Å²) >= 11 is 0. The van der Waals surface area contributed by atoms with Crippen LogP contribution in [0.5, 0.6) is 17.2 Å². The second-order valence-electron chi connectivity index (χ2n) is 7.27. The maximum Gasteiger partial charge on any atom is 0.229 e. The molecule has 1 heterocycles. The molecular formula is C22H26O9. The lowest BCUT2D eigenvalue weighted by molar-refractivity contribution is -0.277. The number of aliphatic hydroxyl groups excluding tert-OH is 4. The first-order chi connectivity index (χ1) is 14.8. The fourth-order valence-electron chi connectivity index (χ4n) is 3.31. The van der Waals surface area contributed by atoms with Gasteiger partial charge in [-0.2, -0.15) is 0 Å². The van der Waals surface area contributed by atoms with Crippen LogP contribution >= 0.6 is 0 Å². The lowest BCUT2D eigenvalue weighted by Gasteiger charge is -2.39. The van der Waals surface area contributed by atoms with E-state index in [4.69, 9.17) is 14.2 Å². The number of carbonyl (C=O) groups excluding carboxylic acids is 1. The van der Waals surface area contributed by atoms with E-state index in [9.17, 15) is 30.3 Å². The second-order valence-corrected chi connectivity index (χ2v) is 7.27. The zero-order chi connectivity index (χ0) is 22.5. The van der Waals surface area contributed by atoms with Gasteiger partial charge in [0.1, 0.15) is 41.7 Å². The molecule has 1 fully saturated rings. The maximum atomic E-state index is 12.8. The van der Waals surface area contributed by atoms with E-state index in [2.05, 4.69) is 0 Å². The highest BCUT2D eigenvalue weighted by Gasteiger charge is 2.45. The fraction of sp³-hybridized carbons (Fsp3) is 0.409. The van der Waals surface area contributed by atoms with Gasteiger partial charge in [-0.25, -0.2) is 0 Å². The third kappa shape index (κ3) is 5.33. The number of rotatable bonds is 8. The van der Waals surface area contributed by atoms with E-state index < -0.39 is 37.3 Å². The lowest BCUT2D eigenvalue weighted by atomic mass is 9.99. The van der Waals surface area contributed by atoms with Crippen LogP contribution in [0.4, 0.5) is 0 Å². The minimum Gasteiger partial charge on any atom is -0.508 e. The van der Waals surface area contributed by atoms with Crippen molar-refractivity contribution in [3.05, 3.63) is 53.6 Å². The number of benzene rings is 2. The molecule has 0 aromatic heterocycles. The molecule has 3 rings (SSSR count). The zero-order valence-corrected chi connectivity index (χ0v) is 16.9. The van der Waals surface area contributed by atoms with Crippen LogP contribution in [0.3, 0.4) is 0 Å². The highest BCUT2D eigenvalue weighted by atomic mass is 16.7. The summed E-state index contributed by atoms with van der Waals surface area (Å²) < 4.78 is 16.0. The van der Waals surface area contributed by atoms with Gasteiger partial charge in [0.2, 0.25) is 6.29 Å². The Morgan fingerprint density at radius 1 is 1.03 bits per heavy atom. The molecule has 0 saturated carbocycles. The molecule has 1 aliphatic rings. The van der Waals surface area contributed by atoms with E-state index in [1.54, 1.807) is 19.2 Å². The molecule has 0 aliphatic carbocycles.